The molecule has 0 atom stereocenters. The summed E-state index contributed by atoms with van der Waals surface area (Å²) in [6.07, 6.45) is 4.10. The maximum absolute atomic E-state index is 9.26. The van der Waals surface area contributed by atoms with Gasteiger partial charge in [-0.25, -0.2) is 4.57 Å². The largest absolute Gasteiger partial charge is 1.00 e. The molecule has 0 amide bonds. The zero-order valence-electron chi connectivity index (χ0n) is 13.9. The van der Waals surface area contributed by atoms with E-state index in [2.05, 4.69) is 20.4 Å². The Morgan fingerprint density at radius 3 is 2.68 bits per heavy atom. The van der Waals surface area contributed by atoms with Crippen molar-refractivity contribution in [3.63, 3.8) is 0 Å². The fraction of sp³-hybridized carbons (Fsp3) is 0.312. The highest BCUT2D eigenvalue weighted by atomic mass is 35.5. The molecule has 0 saturated carbocycles. The van der Waals surface area contributed by atoms with Gasteiger partial charge in [0.2, 0.25) is 0 Å². The van der Waals surface area contributed by atoms with Crippen molar-refractivity contribution in [2.75, 3.05) is 6.61 Å². The molecule has 0 spiro atoms. The Bertz CT molecular complexity index is 788. The Hall–Kier alpha value is -2.42. The molecule has 2 aromatic heterocycles. The molecule has 0 aliphatic carbocycles. The molecule has 0 bridgehead atoms. The van der Waals surface area contributed by atoms with Crippen molar-refractivity contribution in [2.24, 2.45) is 20.4 Å². The number of hydrogen-bond donors (Lipinski definition) is 2. The maximum atomic E-state index is 9.26. The predicted octanol–water partition coefficient (Wildman–Crippen LogP) is -1.87. The fourth-order valence-electron chi connectivity index (χ4n) is 1.91. The van der Waals surface area contributed by atoms with Crippen molar-refractivity contribution in [3.05, 3.63) is 54.3 Å². The van der Waals surface area contributed by atoms with Gasteiger partial charge in [0, 0.05) is 25.2 Å². The Labute approximate surface area is 151 Å². The zero-order chi connectivity index (χ0) is 17.2. The molecule has 9 heteroatoms. The normalized spacial score (nSPS) is 12.4. The molecule has 0 unspecified atom stereocenters. The lowest BCUT2D eigenvalue weighted by atomic mass is 10.4. The minimum atomic E-state index is -0.177. The van der Waals surface area contributed by atoms with Crippen LogP contribution in [0.15, 0.2) is 69.2 Å². The third-order valence-corrected chi connectivity index (χ3v) is 3.18. The van der Waals surface area contributed by atoms with Gasteiger partial charge >= 0.3 is 5.82 Å². The SMILES string of the molecule is CCC(N=Nc1cccc[n+]1CO)=NN=c1ccccn1CCO.[Cl-]. The van der Waals surface area contributed by atoms with Crippen LogP contribution in [0.1, 0.15) is 13.3 Å². The van der Waals surface area contributed by atoms with E-state index >= 15 is 0 Å². The summed E-state index contributed by atoms with van der Waals surface area (Å²) in [5.74, 6) is 0.985. The molecule has 134 valence electrons. The molecule has 0 saturated heterocycles. The van der Waals surface area contributed by atoms with Gasteiger partial charge in [-0.15, -0.1) is 10.2 Å². The topological polar surface area (TPSA) is 98.7 Å². The van der Waals surface area contributed by atoms with E-state index in [1.165, 1.54) is 0 Å². The van der Waals surface area contributed by atoms with Gasteiger partial charge in [-0.05, 0) is 23.3 Å². The third kappa shape index (κ3) is 6.18. The quantitative estimate of drug-likeness (QED) is 0.206. The van der Waals surface area contributed by atoms with Crippen molar-refractivity contribution in [1.29, 1.82) is 0 Å². The van der Waals surface area contributed by atoms with Crippen LogP contribution in [0, 0.1) is 0 Å². The van der Waals surface area contributed by atoms with Crippen LogP contribution < -0.4 is 22.5 Å². The first-order valence-corrected chi connectivity index (χ1v) is 7.66. The Kier molecular flexibility index (Phi) is 9.23. The van der Waals surface area contributed by atoms with Crippen molar-refractivity contribution in [3.8, 4) is 0 Å². The summed E-state index contributed by atoms with van der Waals surface area (Å²) in [7, 11) is 0. The molecule has 0 aliphatic rings. The van der Waals surface area contributed by atoms with E-state index in [-0.39, 0.29) is 25.7 Å². The Morgan fingerprint density at radius 2 is 1.96 bits per heavy atom. The van der Waals surface area contributed by atoms with Crippen molar-refractivity contribution in [2.45, 2.75) is 26.6 Å². The highest BCUT2D eigenvalue weighted by molar-refractivity contribution is 5.82. The molecular formula is C16H21ClN6O2. The number of aliphatic hydroxyl groups is 2. The minimum Gasteiger partial charge on any atom is -1.00 e. The average molecular weight is 365 g/mol. The van der Waals surface area contributed by atoms with E-state index in [1.54, 1.807) is 33.5 Å². The van der Waals surface area contributed by atoms with Crippen LogP contribution in [-0.2, 0) is 13.3 Å². The number of halogens is 1. The van der Waals surface area contributed by atoms with Crippen LogP contribution in [0.25, 0.3) is 0 Å². The summed E-state index contributed by atoms with van der Waals surface area (Å²) < 4.78 is 3.35. The van der Waals surface area contributed by atoms with E-state index in [0.717, 1.165) is 0 Å². The second-order valence-corrected chi connectivity index (χ2v) is 4.82. The van der Waals surface area contributed by atoms with Gasteiger partial charge in [0.1, 0.15) is 0 Å². The molecule has 2 aromatic rings. The summed E-state index contributed by atoms with van der Waals surface area (Å²) in [5, 5.41) is 34.9. The lowest BCUT2D eigenvalue weighted by Crippen LogP contribution is -3.00. The highest BCUT2D eigenvalue weighted by Gasteiger charge is 2.07. The van der Waals surface area contributed by atoms with Gasteiger partial charge in [0.25, 0.3) is 0 Å². The molecule has 8 nitrogen and oxygen atoms in total. The van der Waals surface area contributed by atoms with Crippen LogP contribution >= 0.6 is 0 Å². The van der Waals surface area contributed by atoms with Crippen LogP contribution in [0.4, 0.5) is 5.82 Å². The van der Waals surface area contributed by atoms with Gasteiger partial charge < -0.3 is 27.2 Å². The fourth-order valence-corrected chi connectivity index (χ4v) is 1.91. The standard InChI is InChI=1S/C16H21N6O2.ClH/c1-2-14(18-20-16-8-4-6-10-22(16)13-24)17-19-15-7-3-5-9-21(15)11-12-23;/h3-10,23-24H,2,11-13H2,1H3;1H/q+1;/p-1. The Morgan fingerprint density at radius 1 is 1.16 bits per heavy atom. The van der Waals surface area contributed by atoms with Gasteiger partial charge in [0.15, 0.2) is 18.1 Å². The van der Waals surface area contributed by atoms with E-state index < -0.39 is 0 Å². The van der Waals surface area contributed by atoms with Gasteiger partial charge in [-0.1, -0.05) is 19.1 Å². The summed E-state index contributed by atoms with van der Waals surface area (Å²) in [6.45, 7) is 2.20. The van der Waals surface area contributed by atoms with E-state index in [1.807, 2.05) is 31.3 Å². The van der Waals surface area contributed by atoms with E-state index in [4.69, 9.17) is 5.11 Å². The molecule has 25 heavy (non-hydrogen) atoms. The minimum absolute atomic E-state index is 0. The first-order chi connectivity index (χ1) is 11.8. The first-order valence-electron chi connectivity index (χ1n) is 7.66. The van der Waals surface area contributed by atoms with Crippen LogP contribution in [0.5, 0.6) is 0 Å². The van der Waals surface area contributed by atoms with Crippen LogP contribution in [-0.4, -0.2) is 27.2 Å². The van der Waals surface area contributed by atoms with Crippen LogP contribution in [0.3, 0.4) is 0 Å². The summed E-state index contributed by atoms with van der Waals surface area (Å²) in [5.41, 5.74) is 0.623. The third-order valence-electron chi connectivity index (χ3n) is 3.18. The summed E-state index contributed by atoms with van der Waals surface area (Å²) in [4.78, 5) is 0. The monoisotopic (exact) mass is 364 g/mol. The maximum Gasteiger partial charge on any atom is 0.352 e. The van der Waals surface area contributed by atoms with Crippen LogP contribution in [0.2, 0.25) is 0 Å². The molecule has 0 fully saturated rings. The summed E-state index contributed by atoms with van der Waals surface area (Å²) in [6, 6.07) is 10.9. The number of amidine groups is 1. The van der Waals surface area contributed by atoms with Gasteiger partial charge in [0.05, 0.1) is 17.9 Å². The van der Waals surface area contributed by atoms with Crippen molar-refractivity contribution < 1.29 is 27.2 Å². The lowest BCUT2D eigenvalue weighted by molar-refractivity contribution is -0.718. The van der Waals surface area contributed by atoms with Crippen molar-refractivity contribution >= 4 is 11.7 Å². The summed E-state index contributed by atoms with van der Waals surface area (Å²) >= 11 is 0. The predicted molar refractivity (Wildman–Crippen MR) is 88.2 cm³/mol. The number of rotatable bonds is 6. The number of aromatic nitrogens is 2. The molecule has 0 aliphatic heterocycles. The van der Waals surface area contributed by atoms with Gasteiger partial charge in [-0.3, -0.25) is 0 Å². The second-order valence-electron chi connectivity index (χ2n) is 4.82. The molecule has 0 radical (unpaired) electrons. The zero-order valence-corrected chi connectivity index (χ0v) is 14.7. The number of nitrogens with zero attached hydrogens (tertiary/aromatic N) is 6. The number of hydrogen-bond acceptors (Lipinski definition) is 5. The molecular weight excluding hydrogens is 344 g/mol. The highest BCUT2D eigenvalue weighted by Crippen LogP contribution is 2.05. The smallest absolute Gasteiger partial charge is 0.352 e. The molecule has 2 N–H and O–H groups in total. The number of pyridine rings is 2. The first kappa shape index (κ1) is 20.6. The average Bonchev–Trinajstić information content (AvgIpc) is 2.63. The molecule has 0 aromatic carbocycles. The van der Waals surface area contributed by atoms with E-state index in [0.29, 0.717) is 30.1 Å². The van der Waals surface area contributed by atoms with E-state index in [9.17, 15) is 5.11 Å². The Balaban J connectivity index is 0.00000312. The van der Waals surface area contributed by atoms with Gasteiger partial charge in [-0.2, -0.15) is 0 Å². The number of azo groups is 1. The molecule has 2 rings (SSSR count). The second kappa shape index (κ2) is 11.2. The van der Waals surface area contributed by atoms with Crippen molar-refractivity contribution in [1.82, 2.24) is 4.57 Å². The molecule has 2 heterocycles. The lowest BCUT2D eigenvalue weighted by Gasteiger charge is -2.02. The number of aliphatic hydroxyl groups excluding tert-OH is 2.